The monoisotopic (exact) mass is 312 g/mol. The zero-order valence-corrected chi connectivity index (χ0v) is 12.4. The predicted octanol–water partition coefficient (Wildman–Crippen LogP) is 1.15. The molecule has 8 heteroatoms. The highest BCUT2D eigenvalue weighted by Gasteiger charge is 2.18. The number of morpholine rings is 1. The highest BCUT2D eigenvalue weighted by atomic mass is 16.5. The Labute approximate surface area is 132 Å². The van der Waals surface area contributed by atoms with Gasteiger partial charge in [0.1, 0.15) is 17.2 Å². The summed E-state index contributed by atoms with van der Waals surface area (Å²) in [6.45, 7) is 2.91. The van der Waals surface area contributed by atoms with Crippen molar-refractivity contribution >= 4 is 22.8 Å². The standard InChI is InChI=1S/C15H16N6O2/c16-13-10(2-1-5-17-13)14-18-11-3-4-12(19-15(11)21(14)22)20-6-8-23-9-7-20/h1-5,22H,6-9H2,(H2,16,17). The van der Waals surface area contributed by atoms with Gasteiger partial charge in [0.15, 0.2) is 11.5 Å². The zero-order valence-electron chi connectivity index (χ0n) is 12.4. The number of nitrogens with two attached hydrogens (primary N) is 1. The average Bonchev–Trinajstić information content (AvgIpc) is 2.92. The number of hydrogen-bond donors (Lipinski definition) is 2. The molecule has 0 saturated carbocycles. The van der Waals surface area contributed by atoms with E-state index in [1.165, 1.54) is 0 Å². The minimum atomic E-state index is 0.312. The summed E-state index contributed by atoms with van der Waals surface area (Å²) >= 11 is 0. The van der Waals surface area contributed by atoms with E-state index in [1.54, 1.807) is 18.3 Å². The van der Waals surface area contributed by atoms with Gasteiger partial charge >= 0.3 is 0 Å². The number of pyridine rings is 2. The first-order valence-corrected chi connectivity index (χ1v) is 7.36. The molecule has 4 heterocycles. The van der Waals surface area contributed by atoms with Gasteiger partial charge in [-0.25, -0.2) is 15.0 Å². The maximum absolute atomic E-state index is 10.5. The minimum absolute atomic E-state index is 0.312. The lowest BCUT2D eigenvalue weighted by Gasteiger charge is -2.27. The van der Waals surface area contributed by atoms with Crippen molar-refractivity contribution in [1.29, 1.82) is 0 Å². The highest BCUT2D eigenvalue weighted by molar-refractivity contribution is 5.80. The molecule has 0 bridgehead atoms. The fourth-order valence-electron chi connectivity index (χ4n) is 2.69. The van der Waals surface area contributed by atoms with E-state index in [-0.39, 0.29) is 0 Å². The van der Waals surface area contributed by atoms with E-state index in [0.717, 1.165) is 23.6 Å². The Morgan fingerprint density at radius 3 is 2.74 bits per heavy atom. The van der Waals surface area contributed by atoms with Crippen LogP contribution in [0.25, 0.3) is 22.6 Å². The van der Waals surface area contributed by atoms with Crippen LogP contribution in [0.15, 0.2) is 30.5 Å². The van der Waals surface area contributed by atoms with E-state index in [0.29, 0.717) is 41.6 Å². The molecule has 0 aromatic carbocycles. The van der Waals surface area contributed by atoms with Crippen molar-refractivity contribution in [2.24, 2.45) is 0 Å². The summed E-state index contributed by atoms with van der Waals surface area (Å²) in [6.07, 6.45) is 1.60. The van der Waals surface area contributed by atoms with Gasteiger partial charge in [-0.05, 0) is 24.3 Å². The van der Waals surface area contributed by atoms with Crippen LogP contribution in [0.4, 0.5) is 11.6 Å². The number of anilines is 2. The average molecular weight is 312 g/mol. The van der Waals surface area contributed by atoms with Crippen molar-refractivity contribution in [3.8, 4) is 11.4 Å². The molecular formula is C15H16N6O2. The van der Waals surface area contributed by atoms with Crippen molar-refractivity contribution < 1.29 is 9.94 Å². The summed E-state index contributed by atoms with van der Waals surface area (Å²) in [5.41, 5.74) is 7.44. The van der Waals surface area contributed by atoms with Crippen LogP contribution in [0.2, 0.25) is 0 Å². The molecule has 0 amide bonds. The van der Waals surface area contributed by atoms with E-state index in [9.17, 15) is 5.21 Å². The molecule has 3 aromatic rings. The first-order chi connectivity index (χ1) is 11.2. The Morgan fingerprint density at radius 1 is 1.13 bits per heavy atom. The molecule has 1 fully saturated rings. The second-order valence-corrected chi connectivity index (χ2v) is 5.30. The fraction of sp³-hybridized carbons (Fsp3) is 0.267. The van der Waals surface area contributed by atoms with Crippen LogP contribution in [0.1, 0.15) is 0 Å². The zero-order chi connectivity index (χ0) is 15.8. The number of ether oxygens (including phenoxy) is 1. The second kappa shape index (κ2) is 5.40. The number of aromatic nitrogens is 4. The molecule has 8 nitrogen and oxygen atoms in total. The molecule has 0 aliphatic carbocycles. The van der Waals surface area contributed by atoms with Gasteiger partial charge in [-0.3, -0.25) is 0 Å². The maximum atomic E-state index is 10.5. The van der Waals surface area contributed by atoms with Crippen molar-refractivity contribution in [2.45, 2.75) is 0 Å². The number of imidazole rings is 1. The SMILES string of the molecule is Nc1ncccc1-c1nc2ccc(N3CCOCC3)nc2n1O. The van der Waals surface area contributed by atoms with Gasteiger partial charge in [0.25, 0.3) is 0 Å². The van der Waals surface area contributed by atoms with Crippen molar-refractivity contribution in [2.75, 3.05) is 36.9 Å². The third kappa shape index (κ3) is 2.33. The van der Waals surface area contributed by atoms with Gasteiger partial charge in [-0.15, -0.1) is 4.73 Å². The van der Waals surface area contributed by atoms with Gasteiger partial charge in [-0.2, -0.15) is 0 Å². The van der Waals surface area contributed by atoms with Gasteiger partial charge in [-0.1, -0.05) is 0 Å². The molecule has 0 spiro atoms. The molecule has 118 valence electrons. The summed E-state index contributed by atoms with van der Waals surface area (Å²) in [6, 6.07) is 7.25. The Hall–Kier alpha value is -2.87. The van der Waals surface area contributed by atoms with E-state index >= 15 is 0 Å². The highest BCUT2D eigenvalue weighted by Crippen LogP contribution is 2.27. The molecule has 4 rings (SSSR count). The Balaban J connectivity index is 1.80. The summed E-state index contributed by atoms with van der Waals surface area (Å²) in [7, 11) is 0. The third-order valence-electron chi connectivity index (χ3n) is 3.88. The number of hydrogen-bond acceptors (Lipinski definition) is 7. The summed E-state index contributed by atoms with van der Waals surface area (Å²) in [4.78, 5) is 15.1. The predicted molar refractivity (Wildman–Crippen MR) is 85.4 cm³/mol. The summed E-state index contributed by atoms with van der Waals surface area (Å²) < 4.78 is 6.32. The summed E-state index contributed by atoms with van der Waals surface area (Å²) in [5, 5.41) is 10.5. The first-order valence-electron chi connectivity index (χ1n) is 7.36. The van der Waals surface area contributed by atoms with E-state index in [4.69, 9.17) is 10.5 Å². The van der Waals surface area contributed by atoms with E-state index < -0.39 is 0 Å². The molecule has 3 N–H and O–H groups in total. The van der Waals surface area contributed by atoms with Crippen LogP contribution >= 0.6 is 0 Å². The number of nitrogens with zero attached hydrogens (tertiary/aromatic N) is 5. The normalized spacial score (nSPS) is 15.2. The van der Waals surface area contributed by atoms with Crippen LogP contribution in [0.5, 0.6) is 0 Å². The van der Waals surface area contributed by atoms with Crippen molar-refractivity contribution in [1.82, 2.24) is 19.7 Å². The molecule has 23 heavy (non-hydrogen) atoms. The lowest BCUT2D eigenvalue weighted by Crippen LogP contribution is -2.36. The quantitative estimate of drug-likeness (QED) is 0.684. The van der Waals surface area contributed by atoms with Crippen LogP contribution in [-0.4, -0.2) is 51.2 Å². The summed E-state index contributed by atoms with van der Waals surface area (Å²) in [5.74, 6) is 1.44. The molecule has 0 radical (unpaired) electrons. The van der Waals surface area contributed by atoms with Gasteiger partial charge in [0, 0.05) is 19.3 Å². The first kappa shape index (κ1) is 13.8. The third-order valence-corrected chi connectivity index (χ3v) is 3.88. The second-order valence-electron chi connectivity index (χ2n) is 5.30. The van der Waals surface area contributed by atoms with Crippen LogP contribution in [0, 0.1) is 0 Å². The molecule has 1 saturated heterocycles. The number of fused-ring (bicyclic) bond motifs is 1. The Kier molecular flexibility index (Phi) is 3.23. The number of nitrogen functional groups attached to an aromatic ring is 1. The molecule has 1 aliphatic rings. The Morgan fingerprint density at radius 2 is 1.96 bits per heavy atom. The molecule has 0 unspecified atom stereocenters. The van der Waals surface area contributed by atoms with Crippen LogP contribution in [-0.2, 0) is 4.74 Å². The van der Waals surface area contributed by atoms with Crippen molar-refractivity contribution in [3.05, 3.63) is 30.5 Å². The van der Waals surface area contributed by atoms with E-state index in [2.05, 4.69) is 19.9 Å². The molecular weight excluding hydrogens is 296 g/mol. The van der Waals surface area contributed by atoms with Crippen LogP contribution in [0.3, 0.4) is 0 Å². The van der Waals surface area contributed by atoms with Gasteiger partial charge in [0.05, 0.1) is 18.8 Å². The lowest BCUT2D eigenvalue weighted by molar-refractivity contribution is 0.122. The lowest BCUT2D eigenvalue weighted by atomic mass is 10.2. The molecule has 0 atom stereocenters. The molecule has 3 aromatic heterocycles. The van der Waals surface area contributed by atoms with Gasteiger partial charge < -0.3 is 20.6 Å². The molecule has 1 aliphatic heterocycles. The smallest absolute Gasteiger partial charge is 0.198 e. The topological polar surface area (TPSA) is 102 Å². The Bertz CT molecular complexity index is 856. The van der Waals surface area contributed by atoms with Gasteiger partial charge in [0.2, 0.25) is 0 Å². The largest absolute Gasteiger partial charge is 0.425 e. The minimum Gasteiger partial charge on any atom is -0.425 e. The maximum Gasteiger partial charge on any atom is 0.198 e. The van der Waals surface area contributed by atoms with Crippen molar-refractivity contribution in [3.63, 3.8) is 0 Å². The van der Waals surface area contributed by atoms with Crippen LogP contribution < -0.4 is 10.6 Å². The number of rotatable bonds is 2. The fourth-order valence-corrected chi connectivity index (χ4v) is 2.69. The van der Waals surface area contributed by atoms with E-state index in [1.807, 2.05) is 12.1 Å².